The number of rotatable bonds is 4. The van der Waals surface area contributed by atoms with Gasteiger partial charge in [0.2, 0.25) is 0 Å². The highest BCUT2D eigenvalue weighted by atomic mass is 32.2. The molecule has 2 fully saturated rings. The van der Waals surface area contributed by atoms with Gasteiger partial charge in [0.15, 0.2) is 14.9 Å². The molecule has 0 amide bonds. The Morgan fingerprint density at radius 3 is 2.60 bits per heavy atom. The Kier molecular flexibility index (Phi) is 5.25. The molecule has 2 saturated heterocycles. The Morgan fingerprint density at radius 1 is 1.35 bits per heavy atom. The first kappa shape index (κ1) is 16.0. The molecular weight excluding hydrogens is 294 g/mol. The topological polar surface area (TPSA) is 52.6 Å². The first-order chi connectivity index (χ1) is 9.45. The minimum atomic E-state index is -2.85. The lowest BCUT2D eigenvalue weighted by Crippen LogP contribution is -2.45. The van der Waals surface area contributed by atoms with Gasteiger partial charge in [-0.15, -0.1) is 0 Å². The molecule has 2 aliphatic rings. The minimum absolute atomic E-state index is 0.00000310. The summed E-state index contributed by atoms with van der Waals surface area (Å²) in [6, 6.07) is 0.567. The van der Waals surface area contributed by atoms with E-state index in [1.807, 2.05) is 0 Å². The fourth-order valence-corrected chi connectivity index (χ4v) is 5.14. The van der Waals surface area contributed by atoms with Gasteiger partial charge in [-0.1, -0.05) is 13.8 Å². The molecule has 0 aromatic carbocycles. The molecule has 2 heterocycles. The van der Waals surface area contributed by atoms with E-state index in [0.29, 0.717) is 12.5 Å². The van der Waals surface area contributed by atoms with E-state index < -0.39 is 9.84 Å². The lowest BCUT2D eigenvalue weighted by Gasteiger charge is -2.27. The Labute approximate surface area is 127 Å². The molecule has 2 atom stereocenters. The van der Waals surface area contributed by atoms with Crippen LogP contribution in [0.5, 0.6) is 0 Å². The van der Waals surface area contributed by atoms with E-state index in [2.05, 4.69) is 29.0 Å². The molecule has 0 radical (unpaired) electrons. The van der Waals surface area contributed by atoms with Crippen LogP contribution in [0, 0.1) is 0 Å². The third-order valence-corrected chi connectivity index (χ3v) is 6.48. The van der Waals surface area contributed by atoms with E-state index in [1.165, 1.54) is 0 Å². The normalized spacial score (nSPS) is 29.1. The van der Waals surface area contributed by atoms with Gasteiger partial charge in [0.05, 0.1) is 11.5 Å². The van der Waals surface area contributed by atoms with Crippen molar-refractivity contribution in [3.63, 3.8) is 0 Å². The highest BCUT2D eigenvalue weighted by Gasteiger charge is 2.31. The van der Waals surface area contributed by atoms with E-state index in [4.69, 9.17) is 12.2 Å². The van der Waals surface area contributed by atoms with Gasteiger partial charge in [-0.3, -0.25) is 4.90 Å². The van der Waals surface area contributed by atoms with Gasteiger partial charge in [0.1, 0.15) is 0 Å². The van der Waals surface area contributed by atoms with Gasteiger partial charge in [0, 0.05) is 25.2 Å². The van der Waals surface area contributed by atoms with Crippen molar-refractivity contribution >= 4 is 27.2 Å². The summed E-state index contributed by atoms with van der Waals surface area (Å²) in [4.78, 5) is 4.64. The molecule has 0 aromatic heterocycles. The molecule has 20 heavy (non-hydrogen) atoms. The van der Waals surface area contributed by atoms with Crippen molar-refractivity contribution in [1.82, 2.24) is 15.1 Å². The van der Waals surface area contributed by atoms with Crippen LogP contribution < -0.4 is 5.32 Å². The van der Waals surface area contributed by atoms with Gasteiger partial charge >= 0.3 is 0 Å². The summed E-state index contributed by atoms with van der Waals surface area (Å²) in [6.45, 7) is 8.42. The number of likely N-dealkylation sites (N-methyl/N-ethyl adjacent to an activating group) is 1. The van der Waals surface area contributed by atoms with Crippen molar-refractivity contribution < 1.29 is 8.42 Å². The maximum absolute atomic E-state index is 11.5. The quantitative estimate of drug-likeness (QED) is 0.760. The molecule has 7 heteroatoms. The van der Waals surface area contributed by atoms with Gasteiger partial charge in [-0.2, -0.15) is 0 Å². The van der Waals surface area contributed by atoms with Crippen LogP contribution in [0.2, 0.25) is 0 Å². The third kappa shape index (κ3) is 3.83. The Balaban J connectivity index is 1.83. The molecule has 5 nitrogen and oxygen atoms in total. The molecule has 2 unspecified atom stereocenters. The molecule has 0 aromatic rings. The van der Waals surface area contributed by atoms with Crippen molar-refractivity contribution in [1.29, 1.82) is 0 Å². The second kappa shape index (κ2) is 6.58. The number of hydrogen-bond donors (Lipinski definition) is 1. The predicted molar refractivity (Wildman–Crippen MR) is 85.7 cm³/mol. The summed E-state index contributed by atoms with van der Waals surface area (Å²) in [6.07, 6.45) is 1.81. The molecule has 1 N–H and O–H groups in total. The summed E-state index contributed by atoms with van der Waals surface area (Å²) in [7, 11) is -2.85. The predicted octanol–water partition coefficient (Wildman–Crippen LogP) is 0.464. The molecule has 0 spiro atoms. The van der Waals surface area contributed by atoms with Crippen molar-refractivity contribution in [2.24, 2.45) is 0 Å². The smallest absolute Gasteiger partial charge is 0.169 e. The maximum Gasteiger partial charge on any atom is 0.169 e. The summed E-state index contributed by atoms with van der Waals surface area (Å²) in [5.74, 6) is 0.510. The summed E-state index contributed by atoms with van der Waals surface area (Å²) < 4.78 is 22.9. The van der Waals surface area contributed by atoms with Crippen LogP contribution in [0.4, 0.5) is 0 Å². The average Bonchev–Trinajstić information content (AvgIpc) is 2.98. The van der Waals surface area contributed by atoms with Gasteiger partial charge in [0.25, 0.3) is 0 Å². The highest BCUT2D eigenvalue weighted by Crippen LogP contribution is 2.17. The SMILES string of the molecule is CCN(CC)C1CCN(C(=S)NC2CCS(=O)(=O)C2)C1. The van der Waals surface area contributed by atoms with Gasteiger partial charge in [-0.05, 0) is 38.1 Å². The summed E-state index contributed by atoms with van der Waals surface area (Å²) >= 11 is 5.44. The number of thiocarbonyl (C=S) groups is 1. The molecule has 2 rings (SSSR count). The molecule has 2 aliphatic heterocycles. The highest BCUT2D eigenvalue weighted by molar-refractivity contribution is 7.91. The fourth-order valence-electron chi connectivity index (χ4n) is 3.14. The Morgan fingerprint density at radius 2 is 2.05 bits per heavy atom. The van der Waals surface area contributed by atoms with Crippen LogP contribution in [-0.4, -0.2) is 73.1 Å². The van der Waals surface area contributed by atoms with Crippen molar-refractivity contribution in [2.45, 2.75) is 38.8 Å². The summed E-state index contributed by atoms with van der Waals surface area (Å²) in [5.41, 5.74) is 0. The zero-order valence-electron chi connectivity index (χ0n) is 12.3. The Hall–Kier alpha value is -0.400. The number of nitrogens with zero attached hydrogens (tertiary/aromatic N) is 2. The molecular formula is C13H25N3O2S2. The maximum atomic E-state index is 11.5. The number of hydrogen-bond acceptors (Lipinski definition) is 4. The van der Waals surface area contributed by atoms with Crippen LogP contribution in [0.1, 0.15) is 26.7 Å². The Bertz CT molecular complexity index is 449. The number of sulfone groups is 1. The second-order valence-electron chi connectivity index (χ2n) is 5.66. The van der Waals surface area contributed by atoms with Crippen LogP contribution in [-0.2, 0) is 9.84 Å². The van der Waals surface area contributed by atoms with Crippen molar-refractivity contribution in [3.8, 4) is 0 Å². The minimum Gasteiger partial charge on any atom is -0.359 e. The van der Waals surface area contributed by atoms with E-state index in [-0.39, 0.29) is 17.5 Å². The molecule has 0 aliphatic carbocycles. The first-order valence-electron chi connectivity index (χ1n) is 7.45. The third-order valence-electron chi connectivity index (χ3n) is 4.34. The molecule has 0 bridgehead atoms. The largest absolute Gasteiger partial charge is 0.359 e. The van der Waals surface area contributed by atoms with Crippen LogP contribution in [0.3, 0.4) is 0 Å². The number of nitrogens with one attached hydrogen (secondary N) is 1. The average molecular weight is 319 g/mol. The molecule has 116 valence electrons. The second-order valence-corrected chi connectivity index (χ2v) is 8.27. The summed E-state index contributed by atoms with van der Waals surface area (Å²) in [5, 5.41) is 3.96. The fraction of sp³-hybridized carbons (Fsp3) is 0.923. The van der Waals surface area contributed by atoms with E-state index in [1.54, 1.807) is 0 Å². The van der Waals surface area contributed by atoms with Crippen LogP contribution in [0.15, 0.2) is 0 Å². The van der Waals surface area contributed by atoms with E-state index >= 15 is 0 Å². The number of likely N-dealkylation sites (tertiary alicyclic amines) is 1. The lowest BCUT2D eigenvalue weighted by atomic mass is 10.2. The van der Waals surface area contributed by atoms with Crippen molar-refractivity contribution in [3.05, 3.63) is 0 Å². The van der Waals surface area contributed by atoms with Gasteiger partial charge in [-0.25, -0.2) is 8.42 Å². The van der Waals surface area contributed by atoms with E-state index in [0.717, 1.165) is 37.7 Å². The monoisotopic (exact) mass is 319 g/mol. The zero-order valence-corrected chi connectivity index (χ0v) is 14.0. The van der Waals surface area contributed by atoms with Crippen LogP contribution in [0.25, 0.3) is 0 Å². The lowest BCUT2D eigenvalue weighted by molar-refractivity contribution is 0.223. The van der Waals surface area contributed by atoms with Crippen molar-refractivity contribution in [2.75, 3.05) is 37.7 Å². The zero-order chi connectivity index (χ0) is 14.8. The standard InChI is InChI=1S/C13H25N3O2S2/c1-3-15(4-2)12-5-7-16(9-12)13(19)14-11-6-8-20(17,18)10-11/h11-12H,3-10H2,1-2H3,(H,14,19). The molecule has 0 saturated carbocycles. The first-order valence-corrected chi connectivity index (χ1v) is 9.68. The van der Waals surface area contributed by atoms with Gasteiger partial charge < -0.3 is 10.2 Å². The van der Waals surface area contributed by atoms with E-state index in [9.17, 15) is 8.42 Å². The van der Waals surface area contributed by atoms with Crippen LogP contribution >= 0.6 is 12.2 Å².